The Morgan fingerprint density at radius 2 is 1.96 bits per heavy atom. The fourth-order valence-electron chi connectivity index (χ4n) is 1.93. The van der Waals surface area contributed by atoms with E-state index in [1.807, 2.05) is 0 Å². The molecular weight excluding hydrogens is 351 g/mol. The normalized spacial score (nSPS) is 10.1. The van der Waals surface area contributed by atoms with Crippen molar-refractivity contribution in [3.63, 3.8) is 0 Å². The number of hydrogen-bond acceptors (Lipinski definition) is 3. The SMILES string of the molecule is CCOC(=O)c1ccc(NC(=S)NCc2ccc(F)cc2)cc1Cl. The van der Waals surface area contributed by atoms with E-state index in [4.69, 9.17) is 28.6 Å². The van der Waals surface area contributed by atoms with Crippen LogP contribution in [0.25, 0.3) is 0 Å². The van der Waals surface area contributed by atoms with Crippen LogP contribution >= 0.6 is 23.8 Å². The highest BCUT2D eigenvalue weighted by atomic mass is 35.5. The van der Waals surface area contributed by atoms with Gasteiger partial charge in [0, 0.05) is 12.2 Å². The predicted molar refractivity (Wildman–Crippen MR) is 96.9 cm³/mol. The van der Waals surface area contributed by atoms with E-state index in [9.17, 15) is 9.18 Å². The second kappa shape index (κ2) is 8.61. The Morgan fingerprint density at radius 3 is 2.58 bits per heavy atom. The largest absolute Gasteiger partial charge is 0.462 e. The Morgan fingerprint density at radius 1 is 1.25 bits per heavy atom. The fourth-order valence-corrected chi connectivity index (χ4v) is 2.37. The topological polar surface area (TPSA) is 50.4 Å². The number of carbonyl (C=O) groups excluding carboxylic acids is 1. The standard InChI is InChI=1S/C17H16ClFN2O2S/c1-2-23-16(22)14-8-7-13(9-15(14)18)21-17(24)20-10-11-3-5-12(19)6-4-11/h3-9H,2,10H2,1H3,(H2,20,21,24). The van der Waals surface area contributed by atoms with Gasteiger partial charge in [-0.15, -0.1) is 0 Å². The number of nitrogens with one attached hydrogen (secondary N) is 2. The van der Waals surface area contributed by atoms with Crippen molar-refractivity contribution >= 4 is 40.6 Å². The van der Waals surface area contributed by atoms with Crippen molar-refractivity contribution in [3.8, 4) is 0 Å². The average Bonchev–Trinajstić information content (AvgIpc) is 2.54. The molecule has 4 nitrogen and oxygen atoms in total. The van der Waals surface area contributed by atoms with Gasteiger partial charge in [-0.1, -0.05) is 23.7 Å². The van der Waals surface area contributed by atoms with Gasteiger partial charge in [0.2, 0.25) is 0 Å². The molecule has 24 heavy (non-hydrogen) atoms. The molecule has 2 rings (SSSR count). The van der Waals surface area contributed by atoms with Crippen LogP contribution in [0.15, 0.2) is 42.5 Å². The van der Waals surface area contributed by atoms with Gasteiger partial charge in [-0.05, 0) is 55.0 Å². The quantitative estimate of drug-likeness (QED) is 0.615. The summed E-state index contributed by atoms with van der Waals surface area (Å²) in [4.78, 5) is 11.7. The first-order valence-electron chi connectivity index (χ1n) is 7.25. The van der Waals surface area contributed by atoms with Gasteiger partial charge in [-0.3, -0.25) is 0 Å². The summed E-state index contributed by atoms with van der Waals surface area (Å²) in [6.07, 6.45) is 0. The molecule has 0 bridgehead atoms. The monoisotopic (exact) mass is 366 g/mol. The molecule has 0 atom stereocenters. The van der Waals surface area contributed by atoms with Crippen LogP contribution in [-0.2, 0) is 11.3 Å². The molecule has 0 radical (unpaired) electrons. The Kier molecular flexibility index (Phi) is 6.52. The highest BCUT2D eigenvalue weighted by molar-refractivity contribution is 7.80. The van der Waals surface area contributed by atoms with Gasteiger partial charge in [-0.25, -0.2) is 9.18 Å². The Bertz CT molecular complexity index is 738. The fraction of sp³-hybridized carbons (Fsp3) is 0.176. The molecule has 0 aliphatic carbocycles. The van der Waals surface area contributed by atoms with Gasteiger partial charge in [0.1, 0.15) is 5.82 Å². The van der Waals surface area contributed by atoms with E-state index >= 15 is 0 Å². The average molecular weight is 367 g/mol. The van der Waals surface area contributed by atoms with Crippen LogP contribution < -0.4 is 10.6 Å². The van der Waals surface area contributed by atoms with Gasteiger partial charge in [-0.2, -0.15) is 0 Å². The number of esters is 1. The summed E-state index contributed by atoms with van der Waals surface area (Å²) in [5, 5.41) is 6.65. The molecular formula is C17H16ClFN2O2S. The number of halogens is 2. The molecule has 0 aliphatic heterocycles. The summed E-state index contributed by atoms with van der Waals surface area (Å²) in [6.45, 7) is 2.47. The van der Waals surface area contributed by atoms with Gasteiger partial charge in [0.05, 0.1) is 17.2 Å². The summed E-state index contributed by atoms with van der Waals surface area (Å²) in [7, 11) is 0. The lowest BCUT2D eigenvalue weighted by atomic mass is 10.2. The lowest BCUT2D eigenvalue weighted by molar-refractivity contribution is 0.0526. The van der Waals surface area contributed by atoms with Crippen molar-refractivity contribution in [2.75, 3.05) is 11.9 Å². The van der Waals surface area contributed by atoms with Crippen LogP contribution in [0.3, 0.4) is 0 Å². The molecule has 7 heteroatoms. The van der Waals surface area contributed by atoms with E-state index in [1.165, 1.54) is 12.1 Å². The third kappa shape index (κ3) is 5.18. The number of carbonyl (C=O) groups is 1. The minimum absolute atomic E-state index is 0.278. The molecule has 0 amide bonds. The van der Waals surface area contributed by atoms with Crippen LogP contribution in [-0.4, -0.2) is 17.7 Å². The minimum Gasteiger partial charge on any atom is -0.462 e. The first kappa shape index (κ1) is 18.2. The Hall–Kier alpha value is -2.18. The number of hydrogen-bond donors (Lipinski definition) is 2. The van der Waals surface area contributed by atoms with E-state index < -0.39 is 5.97 Å². The molecule has 0 fully saturated rings. The van der Waals surface area contributed by atoms with Crippen LogP contribution in [0.5, 0.6) is 0 Å². The highest BCUT2D eigenvalue weighted by Gasteiger charge is 2.12. The maximum atomic E-state index is 12.8. The van der Waals surface area contributed by atoms with Crippen molar-refractivity contribution in [2.45, 2.75) is 13.5 Å². The summed E-state index contributed by atoms with van der Waals surface area (Å²) < 4.78 is 17.8. The molecule has 126 valence electrons. The Balaban J connectivity index is 1.93. The summed E-state index contributed by atoms with van der Waals surface area (Å²) >= 11 is 11.3. The number of thiocarbonyl (C=S) groups is 1. The second-order valence-corrected chi connectivity index (χ2v) is 5.66. The summed E-state index contributed by atoms with van der Waals surface area (Å²) in [6, 6.07) is 11.0. The molecule has 2 aromatic carbocycles. The first-order valence-corrected chi connectivity index (χ1v) is 8.04. The van der Waals surface area contributed by atoms with Crippen molar-refractivity contribution in [1.82, 2.24) is 5.32 Å². The van der Waals surface area contributed by atoms with E-state index in [-0.39, 0.29) is 17.4 Å². The summed E-state index contributed by atoms with van der Waals surface area (Å²) in [5.74, 6) is -0.748. The highest BCUT2D eigenvalue weighted by Crippen LogP contribution is 2.21. The van der Waals surface area contributed by atoms with Crippen LogP contribution in [0.2, 0.25) is 5.02 Å². The van der Waals surface area contributed by atoms with E-state index in [1.54, 1.807) is 37.3 Å². The predicted octanol–water partition coefficient (Wildman–Crippen LogP) is 4.14. The maximum Gasteiger partial charge on any atom is 0.339 e. The molecule has 2 N–H and O–H groups in total. The zero-order valence-corrected chi connectivity index (χ0v) is 14.5. The molecule has 0 saturated carbocycles. The lowest BCUT2D eigenvalue weighted by Gasteiger charge is -2.12. The van der Waals surface area contributed by atoms with E-state index in [0.29, 0.717) is 22.9 Å². The lowest BCUT2D eigenvalue weighted by Crippen LogP contribution is -2.27. The smallest absolute Gasteiger partial charge is 0.339 e. The first-order chi connectivity index (χ1) is 11.5. The van der Waals surface area contributed by atoms with Gasteiger partial charge in [0.15, 0.2) is 5.11 Å². The third-order valence-corrected chi connectivity index (χ3v) is 3.65. The zero-order valence-electron chi connectivity index (χ0n) is 12.9. The number of benzene rings is 2. The zero-order chi connectivity index (χ0) is 17.5. The molecule has 0 spiro atoms. The Labute approximate surface area is 150 Å². The molecule has 0 saturated heterocycles. The molecule has 0 aliphatic rings. The van der Waals surface area contributed by atoms with Crippen molar-refractivity contribution in [3.05, 3.63) is 64.4 Å². The number of rotatable bonds is 5. The molecule has 0 unspecified atom stereocenters. The van der Waals surface area contributed by atoms with E-state index in [0.717, 1.165) is 5.56 Å². The number of ether oxygens (including phenoxy) is 1. The van der Waals surface area contributed by atoms with Gasteiger partial charge < -0.3 is 15.4 Å². The molecule has 2 aromatic rings. The van der Waals surface area contributed by atoms with E-state index in [2.05, 4.69) is 10.6 Å². The maximum absolute atomic E-state index is 12.8. The van der Waals surface area contributed by atoms with Crippen molar-refractivity contribution in [1.29, 1.82) is 0 Å². The van der Waals surface area contributed by atoms with Gasteiger partial charge in [0.25, 0.3) is 0 Å². The minimum atomic E-state index is -0.467. The molecule has 0 aromatic heterocycles. The van der Waals surface area contributed by atoms with Crippen molar-refractivity contribution < 1.29 is 13.9 Å². The van der Waals surface area contributed by atoms with Crippen LogP contribution in [0.1, 0.15) is 22.8 Å². The van der Waals surface area contributed by atoms with Crippen LogP contribution in [0, 0.1) is 5.82 Å². The third-order valence-electron chi connectivity index (χ3n) is 3.09. The number of anilines is 1. The second-order valence-electron chi connectivity index (χ2n) is 4.85. The summed E-state index contributed by atoms with van der Waals surface area (Å²) in [5.41, 5.74) is 1.84. The van der Waals surface area contributed by atoms with Crippen molar-refractivity contribution in [2.24, 2.45) is 0 Å². The van der Waals surface area contributed by atoms with Crippen LogP contribution in [0.4, 0.5) is 10.1 Å². The van der Waals surface area contributed by atoms with Gasteiger partial charge >= 0.3 is 5.97 Å². The molecule has 0 heterocycles.